The molecule has 0 spiro atoms. The molecule has 0 unspecified atom stereocenters. The minimum atomic E-state index is -1.70. The standard InChI is InChI=1S/C6H15NO2/c1-4-7-6(8,9)5(2)3/h5,7-9H,4H2,1-3H3. The Bertz CT molecular complexity index is 81.1. The van der Waals surface area contributed by atoms with Gasteiger partial charge in [-0.3, -0.25) is 5.32 Å². The Morgan fingerprint density at radius 2 is 1.89 bits per heavy atom. The van der Waals surface area contributed by atoms with Crippen molar-refractivity contribution in [3.63, 3.8) is 0 Å². The van der Waals surface area contributed by atoms with Crippen molar-refractivity contribution in [2.45, 2.75) is 26.7 Å². The highest BCUT2D eigenvalue weighted by Crippen LogP contribution is 2.07. The largest absolute Gasteiger partial charge is 0.353 e. The monoisotopic (exact) mass is 133 g/mol. The highest BCUT2D eigenvalue weighted by atomic mass is 16.5. The summed E-state index contributed by atoms with van der Waals surface area (Å²) < 4.78 is 0. The zero-order valence-corrected chi connectivity index (χ0v) is 6.18. The fraction of sp³-hybridized carbons (Fsp3) is 1.00. The lowest BCUT2D eigenvalue weighted by molar-refractivity contribution is -0.214. The van der Waals surface area contributed by atoms with E-state index >= 15 is 0 Å². The molecule has 0 bridgehead atoms. The van der Waals surface area contributed by atoms with E-state index < -0.39 is 5.91 Å². The van der Waals surface area contributed by atoms with Crippen molar-refractivity contribution in [1.29, 1.82) is 0 Å². The average molecular weight is 133 g/mol. The van der Waals surface area contributed by atoms with Gasteiger partial charge in [0.1, 0.15) is 0 Å². The maximum atomic E-state index is 9.04. The zero-order valence-electron chi connectivity index (χ0n) is 6.18. The predicted molar refractivity (Wildman–Crippen MR) is 35.7 cm³/mol. The predicted octanol–water partition coefficient (Wildman–Crippen LogP) is -0.110. The molecule has 0 aliphatic carbocycles. The van der Waals surface area contributed by atoms with Gasteiger partial charge in [0.25, 0.3) is 0 Å². The van der Waals surface area contributed by atoms with E-state index in [1.807, 2.05) is 6.92 Å². The number of hydrogen-bond acceptors (Lipinski definition) is 3. The Balaban J connectivity index is 3.70. The van der Waals surface area contributed by atoms with Crippen LogP contribution in [0, 0.1) is 5.92 Å². The number of nitrogens with one attached hydrogen (secondary N) is 1. The van der Waals surface area contributed by atoms with Crippen molar-refractivity contribution in [2.75, 3.05) is 6.54 Å². The molecule has 0 saturated heterocycles. The van der Waals surface area contributed by atoms with Gasteiger partial charge in [-0.2, -0.15) is 0 Å². The average Bonchev–Trinajstić information content (AvgIpc) is 1.65. The van der Waals surface area contributed by atoms with Gasteiger partial charge in [0.2, 0.25) is 5.91 Å². The molecule has 56 valence electrons. The summed E-state index contributed by atoms with van der Waals surface area (Å²) >= 11 is 0. The number of hydrogen-bond donors (Lipinski definition) is 3. The third-order valence-electron chi connectivity index (χ3n) is 1.24. The zero-order chi connectivity index (χ0) is 7.49. The smallest absolute Gasteiger partial charge is 0.224 e. The van der Waals surface area contributed by atoms with Crippen LogP contribution in [0.3, 0.4) is 0 Å². The fourth-order valence-electron chi connectivity index (χ4n) is 0.464. The van der Waals surface area contributed by atoms with Gasteiger partial charge in [-0.05, 0) is 6.54 Å². The number of aliphatic hydroxyl groups is 2. The first-order chi connectivity index (χ1) is 4.00. The third-order valence-corrected chi connectivity index (χ3v) is 1.24. The molecule has 9 heavy (non-hydrogen) atoms. The summed E-state index contributed by atoms with van der Waals surface area (Å²) in [5.74, 6) is -1.88. The molecule has 0 amide bonds. The maximum absolute atomic E-state index is 9.04. The van der Waals surface area contributed by atoms with Crippen molar-refractivity contribution in [3.8, 4) is 0 Å². The van der Waals surface area contributed by atoms with Crippen LogP contribution in [-0.4, -0.2) is 22.7 Å². The third kappa shape index (κ3) is 2.79. The van der Waals surface area contributed by atoms with Gasteiger partial charge in [0, 0.05) is 5.92 Å². The second kappa shape index (κ2) is 3.15. The van der Waals surface area contributed by atoms with Gasteiger partial charge in [-0.15, -0.1) is 0 Å². The Hall–Kier alpha value is -0.120. The minimum Gasteiger partial charge on any atom is -0.353 e. The van der Waals surface area contributed by atoms with E-state index in [-0.39, 0.29) is 5.92 Å². The molecule has 3 heteroatoms. The molecule has 0 atom stereocenters. The van der Waals surface area contributed by atoms with Crippen LogP contribution in [0.15, 0.2) is 0 Å². The first-order valence-corrected chi connectivity index (χ1v) is 3.20. The Morgan fingerprint density at radius 3 is 2.00 bits per heavy atom. The quantitative estimate of drug-likeness (QED) is 0.471. The summed E-state index contributed by atoms with van der Waals surface area (Å²) in [7, 11) is 0. The molecule has 0 aromatic rings. The summed E-state index contributed by atoms with van der Waals surface area (Å²) in [4.78, 5) is 0. The molecular weight excluding hydrogens is 118 g/mol. The van der Waals surface area contributed by atoms with Crippen LogP contribution in [0.5, 0.6) is 0 Å². The van der Waals surface area contributed by atoms with Crippen molar-refractivity contribution in [2.24, 2.45) is 5.92 Å². The van der Waals surface area contributed by atoms with Gasteiger partial charge in [0.05, 0.1) is 0 Å². The Morgan fingerprint density at radius 1 is 1.44 bits per heavy atom. The molecule has 0 aromatic heterocycles. The first-order valence-electron chi connectivity index (χ1n) is 3.20. The van der Waals surface area contributed by atoms with Crippen molar-refractivity contribution >= 4 is 0 Å². The Kier molecular flexibility index (Phi) is 3.11. The molecule has 3 N–H and O–H groups in total. The summed E-state index contributed by atoms with van der Waals surface area (Å²) in [6, 6.07) is 0. The minimum absolute atomic E-state index is 0.183. The van der Waals surface area contributed by atoms with E-state index in [2.05, 4.69) is 5.32 Å². The topological polar surface area (TPSA) is 52.5 Å². The summed E-state index contributed by atoms with van der Waals surface area (Å²) in [6.45, 7) is 5.86. The molecule has 0 saturated carbocycles. The fourth-order valence-corrected chi connectivity index (χ4v) is 0.464. The molecule has 0 rings (SSSR count). The van der Waals surface area contributed by atoms with Gasteiger partial charge in [-0.25, -0.2) is 0 Å². The van der Waals surface area contributed by atoms with E-state index in [0.717, 1.165) is 0 Å². The maximum Gasteiger partial charge on any atom is 0.224 e. The summed E-state index contributed by atoms with van der Waals surface area (Å²) in [5, 5.41) is 20.6. The molecule has 0 aromatic carbocycles. The molecular formula is C6H15NO2. The summed E-state index contributed by atoms with van der Waals surface area (Å²) in [5.41, 5.74) is 0. The number of rotatable bonds is 3. The van der Waals surface area contributed by atoms with Crippen molar-refractivity contribution in [1.82, 2.24) is 5.32 Å². The molecule has 0 radical (unpaired) electrons. The lowest BCUT2D eigenvalue weighted by atomic mass is 10.1. The van der Waals surface area contributed by atoms with Crippen LogP contribution >= 0.6 is 0 Å². The van der Waals surface area contributed by atoms with Crippen LogP contribution in [0.2, 0.25) is 0 Å². The second-order valence-electron chi connectivity index (χ2n) is 2.41. The van der Waals surface area contributed by atoms with Crippen molar-refractivity contribution < 1.29 is 10.2 Å². The van der Waals surface area contributed by atoms with Crippen LogP contribution in [-0.2, 0) is 0 Å². The first kappa shape index (κ1) is 8.88. The van der Waals surface area contributed by atoms with Crippen LogP contribution < -0.4 is 5.32 Å². The second-order valence-corrected chi connectivity index (χ2v) is 2.41. The molecule has 3 nitrogen and oxygen atoms in total. The van der Waals surface area contributed by atoms with Gasteiger partial charge < -0.3 is 10.2 Å². The lowest BCUT2D eigenvalue weighted by Gasteiger charge is -2.25. The summed E-state index contributed by atoms with van der Waals surface area (Å²) in [6.07, 6.45) is 0. The Labute approximate surface area is 55.7 Å². The van der Waals surface area contributed by atoms with E-state index in [0.29, 0.717) is 6.54 Å². The molecule has 0 heterocycles. The van der Waals surface area contributed by atoms with E-state index in [1.165, 1.54) is 0 Å². The van der Waals surface area contributed by atoms with Crippen LogP contribution in [0.1, 0.15) is 20.8 Å². The van der Waals surface area contributed by atoms with Crippen molar-refractivity contribution in [3.05, 3.63) is 0 Å². The van der Waals surface area contributed by atoms with Gasteiger partial charge >= 0.3 is 0 Å². The van der Waals surface area contributed by atoms with E-state index in [1.54, 1.807) is 13.8 Å². The van der Waals surface area contributed by atoms with E-state index in [9.17, 15) is 0 Å². The molecule has 0 fully saturated rings. The highest BCUT2D eigenvalue weighted by Gasteiger charge is 2.25. The molecule has 0 aliphatic heterocycles. The van der Waals surface area contributed by atoms with Crippen LogP contribution in [0.25, 0.3) is 0 Å². The van der Waals surface area contributed by atoms with Gasteiger partial charge in [-0.1, -0.05) is 20.8 Å². The normalized spacial score (nSPS) is 12.7. The SMILES string of the molecule is CCNC(O)(O)C(C)C. The van der Waals surface area contributed by atoms with Gasteiger partial charge in [0.15, 0.2) is 0 Å². The lowest BCUT2D eigenvalue weighted by Crippen LogP contribution is -2.49. The van der Waals surface area contributed by atoms with E-state index in [4.69, 9.17) is 10.2 Å². The van der Waals surface area contributed by atoms with Crippen LogP contribution in [0.4, 0.5) is 0 Å². The molecule has 0 aliphatic rings. The highest BCUT2D eigenvalue weighted by molar-refractivity contribution is 4.63.